The molecule has 1 N–H and O–H groups in total. The lowest BCUT2D eigenvalue weighted by atomic mass is 9.81. The third kappa shape index (κ3) is 2.75. The topological polar surface area (TPSA) is 38.3 Å². The maximum absolute atomic E-state index is 11.4. The van der Waals surface area contributed by atoms with Gasteiger partial charge in [-0.25, -0.2) is 4.79 Å². The van der Waals surface area contributed by atoms with Crippen molar-refractivity contribution in [2.24, 2.45) is 5.92 Å². The minimum Gasteiger partial charge on any atom is -0.445 e. The molecule has 1 fully saturated rings. The maximum atomic E-state index is 11.4. The van der Waals surface area contributed by atoms with Gasteiger partial charge in [-0.1, -0.05) is 30.3 Å². The molecule has 1 aliphatic carbocycles. The predicted molar refractivity (Wildman–Crippen MR) is 61.6 cm³/mol. The van der Waals surface area contributed by atoms with Gasteiger partial charge in [0.15, 0.2) is 0 Å². The summed E-state index contributed by atoms with van der Waals surface area (Å²) < 4.78 is 5.10. The molecule has 1 amide bonds. The Labute approximate surface area is 95.8 Å². The van der Waals surface area contributed by atoms with E-state index in [9.17, 15) is 4.79 Å². The van der Waals surface area contributed by atoms with Crippen LogP contribution in [0.15, 0.2) is 30.3 Å². The van der Waals surface area contributed by atoms with Crippen molar-refractivity contribution in [2.75, 3.05) is 0 Å². The SMILES string of the molecule is [CH2][C@H]1CC[C@H]1NC(=O)OCc1ccccc1. The molecule has 0 heterocycles. The van der Waals surface area contributed by atoms with Crippen LogP contribution in [0, 0.1) is 12.8 Å². The van der Waals surface area contributed by atoms with Gasteiger partial charge < -0.3 is 10.1 Å². The standard InChI is InChI=1S/C13H16NO2/c1-10-7-8-12(10)14-13(15)16-9-11-5-3-2-4-6-11/h2-6,10,12H,1,7-9H2,(H,14,15)/t10-,12+/m0/s1. The number of amides is 1. The Kier molecular flexibility index (Phi) is 3.44. The van der Waals surface area contributed by atoms with Crippen molar-refractivity contribution in [2.45, 2.75) is 25.5 Å². The zero-order valence-electron chi connectivity index (χ0n) is 9.19. The molecule has 1 aromatic rings. The molecule has 3 nitrogen and oxygen atoms in total. The number of carbonyl (C=O) groups is 1. The normalized spacial score (nSPS) is 23.3. The molecule has 1 aliphatic rings. The van der Waals surface area contributed by atoms with E-state index in [1.807, 2.05) is 30.3 Å². The summed E-state index contributed by atoms with van der Waals surface area (Å²) in [5, 5.41) is 2.81. The quantitative estimate of drug-likeness (QED) is 0.846. The zero-order valence-corrected chi connectivity index (χ0v) is 9.19. The molecule has 0 spiro atoms. The van der Waals surface area contributed by atoms with Crippen molar-refractivity contribution < 1.29 is 9.53 Å². The predicted octanol–water partition coefficient (Wildman–Crippen LogP) is 2.53. The number of rotatable bonds is 3. The number of benzene rings is 1. The molecule has 16 heavy (non-hydrogen) atoms. The monoisotopic (exact) mass is 218 g/mol. The minimum absolute atomic E-state index is 0.197. The smallest absolute Gasteiger partial charge is 0.407 e. The van der Waals surface area contributed by atoms with Gasteiger partial charge in [-0.05, 0) is 31.2 Å². The van der Waals surface area contributed by atoms with Crippen molar-refractivity contribution in [3.05, 3.63) is 42.8 Å². The van der Waals surface area contributed by atoms with Gasteiger partial charge in [0, 0.05) is 6.04 Å². The zero-order chi connectivity index (χ0) is 11.4. The van der Waals surface area contributed by atoms with Crippen LogP contribution in [0.25, 0.3) is 0 Å². The molecule has 2 atom stereocenters. The van der Waals surface area contributed by atoms with Crippen molar-refractivity contribution in [3.8, 4) is 0 Å². The van der Waals surface area contributed by atoms with E-state index < -0.39 is 0 Å². The number of nitrogens with one attached hydrogen (secondary N) is 1. The summed E-state index contributed by atoms with van der Waals surface area (Å²) in [4.78, 5) is 11.4. The molecule has 1 radical (unpaired) electrons. The summed E-state index contributed by atoms with van der Waals surface area (Å²) in [7, 11) is 0. The number of carbonyl (C=O) groups excluding carboxylic acids is 1. The van der Waals surface area contributed by atoms with Gasteiger partial charge in [0.25, 0.3) is 0 Å². The average molecular weight is 218 g/mol. The Bertz CT molecular complexity index is 350. The van der Waals surface area contributed by atoms with E-state index in [1.165, 1.54) is 0 Å². The van der Waals surface area contributed by atoms with Gasteiger partial charge in [-0.2, -0.15) is 0 Å². The minimum atomic E-state index is -0.345. The summed E-state index contributed by atoms with van der Waals surface area (Å²) in [6.45, 7) is 4.25. The first-order valence-corrected chi connectivity index (χ1v) is 5.56. The lowest BCUT2D eigenvalue weighted by molar-refractivity contribution is 0.124. The molecule has 0 aromatic heterocycles. The van der Waals surface area contributed by atoms with Crippen molar-refractivity contribution in [3.63, 3.8) is 0 Å². The highest BCUT2D eigenvalue weighted by atomic mass is 16.5. The highest BCUT2D eigenvalue weighted by molar-refractivity contribution is 5.67. The molecule has 85 valence electrons. The van der Waals surface area contributed by atoms with Crippen molar-refractivity contribution >= 4 is 6.09 Å². The average Bonchev–Trinajstić information content (AvgIpc) is 2.33. The highest BCUT2D eigenvalue weighted by Crippen LogP contribution is 2.25. The number of ether oxygens (including phenoxy) is 1. The third-order valence-corrected chi connectivity index (χ3v) is 2.93. The maximum Gasteiger partial charge on any atom is 0.407 e. The highest BCUT2D eigenvalue weighted by Gasteiger charge is 2.28. The Morgan fingerprint density at radius 3 is 2.69 bits per heavy atom. The van der Waals surface area contributed by atoms with Gasteiger partial charge in [0.1, 0.15) is 6.61 Å². The summed E-state index contributed by atoms with van der Waals surface area (Å²) >= 11 is 0. The van der Waals surface area contributed by atoms with Crippen molar-refractivity contribution in [1.29, 1.82) is 0 Å². The fraction of sp³-hybridized carbons (Fsp3) is 0.385. The van der Waals surface area contributed by atoms with Crippen LogP contribution >= 0.6 is 0 Å². The van der Waals surface area contributed by atoms with E-state index in [1.54, 1.807) is 0 Å². The van der Waals surface area contributed by atoms with Gasteiger partial charge in [-0.3, -0.25) is 0 Å². The van der Waals surface area contributed by atoms with E-state index >= 15 is 0 Å². The van der Waals surface area contributed by atoms with E-state index in [0.29, 0.717) is 12.5 Å². The largest absolute Gasteiger partial charge is 0.445 e. The van der Waals surface area contributed by atoms with Gasteiger partial charge in [0.05, 0.1) is 0 Å². The van der Waals surface area contributed by atoms with Crippen LogP contribution in [0.4, 0.5) is 4.79 Å². The Hall–Kier alpha value is -1.51. The van der Waals surface area contributed by atoms with Crippen LogP contribution in [0.1, 0.15) is 18.4 Å². The molecule has 1 aromatic carbocycles. The Morgan fingerprint density at radius 2 is 2.12 bits per heavy atom. The fourth-order valence-corrected chi connectivity index (χ4v) is 1.68. The summed E-state index contributed by atoms with van der Waals surface area (Å²) in [6, 6.07) is 9.85. The van der Waals surface area contributed by atoms with E-state index in [-0.39, 0.29) is 12.1 Å². The molecule has 0 bridgehead atoms. The van der Waals surface area contributed by atoms with E-state index in [0.717, 1.165) is 18.4 Å². The lowest BCUT2D eigenvalue weighted by Crippen LogP contribution is -2.45. The first kappa shape index (κ1) is 11.0. The van der Waals surface area contributed by atoms with Crippen molar-refractivity contribution in [1.82, 2.24) is 5.32 Å². The Morgan fingerprint density at radius 1 is 1.38 bits per heavy atom. The summed E-state index contributed by atoms with van der Waals surface area (Å²) in [5.41, 5.74) is 0.998. The first-order chi connectivity index (χ1) is 7.75. The van der Waals surface area contributed by atoms with Crippen LogP contribution in [0.5, 0.6) is 0 Å². The molecule has 3 heteroatoms. The lowest BCUT2D eigenvalue weighted by Gasteiger charge is -2.33. The number of hydrogen-bond donors (Lipinski definition) is 1. The molecule has 0 saturated heterocycles. The first-order valence-electron chi connectivity index (χ1n) is 5.56. The number of hydrogen-bond acceptors (Lipinski definition) is 2. The van der Waals surface area contributed by atoms with E-state index in [2.05, 4.69) is 12.2 Å². The molecular formula is C13H16NO2. The third-order valence-electron chi connectivity index (χ3n) is 2.93. The van der Waals surface area contributed by atoms with Crippen LogP contribution in [-0.2, 0) is 11.3 Å². The molecular weight excluding hydrogens is 202 g/mol. The summed E-state index contributed by atoms with van der Waals surface area (Å²) in [5.74, 6) is 0.337. The fourth-order valence-electron chi connectivity index (χ4n) is 1.68. The van der Waals surface area contributed by atoms with Crippen LogP contribution in [-0.4, -0.2) is 12.1 Å². The van der Waals surface area contributed by atoms with Gasteiger partial charge in [-0.15, -0.1) is 0 Å². The Balaban J connectivity index is 1.72. The molecule has 0 unspecified atom stereocenters. The van der Waals surface area contributed by atoms with Crippen LogP contribution in [0.2, 0.25) is 0 Å². The van der Waals surface area contributed by atoms with Gasteiger partial charge >= 0.3 is 6.09 Å². The second kappa shape index (κ2) is 5.01. The molecule has 2 rings (SSSR count). The number of alkyl carbamates (subject to hydrolysis) is 1. The van der Waals surface area contributed by atoms with Crippen LogP contribution < -0.4 is 5.32 Å². The summed E-state index contributed by atoms with van der Waals surface area (Å²) in [6.07, 6.45) is 1.75. The molecule has 1 saturated carbocycles. The second-order valence-corrected chi connectivity index (χ2v) is 4.15. The van der Waals surface area contributed by atoms with Crippen LogP contribution in [0.3, 0.4) is 0 Å². The second-order valence-electron chi connectivity index (χ2n) is 4.15. The molecule has 0 aliphatic heterocycles. The van der Waals surface area contributed by atoms with Gasteiger partial charge in [0.2, 0.25) is 0 Å². The van der Waals surface area contributed by atoms with E-state index in [4.69, 9.17) is 4.74 Å².